The lowest BCUT2D eigenvalue weighted by Gasteiger charge is -2.34. The smallest absolute Gasteiger partial charge is 0.246 e. The largest absolute Gasteiger partial charge is 0.382 e. The summed E-state index contributed by atoms with van der Waals surface area (Å²) in [5, 5.41) is 11.3. The molecule has 0 aliphatic rings. The molecule has 2 unspecified atom stereocenters. The molecule has 0 heterocycles. The summed E-state index contributed by atoms with van der Waals surface area (Å²) < 4.78 is 215. The molecule has 0 radical (unpaired) electrons. The van der Waals surface area contributed by atoms with E-state index in [1.54, 1.807) is 7.11 Å². The fraction of sp³-hybridized carbons (Fsp3) is 0.927. The molecular formula is C96H185N5O46. The van der Waals surface area contributed by atoms with Crippen molar-refractivity contribution in [2.24, 2.45) is 5.73 Å². The minimum Gasteiger partial charge on any atom is -0.382 e. The third-order valence-corrected chi connectivity index (χ3v) is 18.4. The van der Waals surface area contributed by atoms with Gasteiger partial charge in [0.2, 0.25) is 23.6 Å². The van der Waals surface area contributed by atoms with Crippen LogP contribution in [0.5, 0.6) is 0 Å². The van der Waals surface area contributed by atoms with Crippen molar-refractivity contribution in [3.05, 3.63) is 0 Å². The van der Waals surface area contributed by atoms with Gasteiger partial charge in [-0.05, 0) is 6.42 Å². The molecule has 147 heavy (non-hydrogen) atoms. The molecule has 6 N–H and O–H groups in total. The predicted molar refractivity (Wildman–Crippen MR) is 527 cm³/mol. The average molecular weight is 2150 g/mol. The summed E-state index contributed by atoms with van der Waals surface area (Å²) in [6, 6.07) is -0.505. The molecule has 0 aromatic carbocycles. The quantitative estimate of drug-likeness (QED) is 0.0317. The van der Waals surface area contributed by atoms with Crippen molar-refractivity contribution in [3.8, 4) is 0 Å². The molecular weight excluding hydrogens is 1960 g/mol. The Hall–Kier alpha value is -4.71. The number of amides is 4. The Balaban J connectivity index is 3.79. The number of nitrogens with one attached hydrogen (secondary N) is 4. The van der Waals surface area contributed by atoms with Gasteiger partial charge < -0.3 is 226 Å². The minimum atomic E-state index is -1.27. The monoisotopic (exact) mass is 2140 g/mol. The number of hydrogen-bond acceptors (Lipinski definition) is 47. The standard InChI is InChI=1S/C96H185N5O46/c1-109-23-24-114-33-34-119-43-44-124-53-54-129-63-64-134-71-67-132-62-58-128-52-48-123-42-38-118-32-28-113-21-10-99-93(106)6-18-146-89-96(90-147-22-13-104,88-145-14-3-2-11-102)101-95(108)87-144-84-83-141-82-81-140-80-79-139-78-77-138-76-75-137-72-68-133-61-57-127-51-47-122-41-37-117-31-27-112-20-9-98-92(105)5-17-143-86-91(85-142-15-4-12-103)100-94(107)7-16-110-25-29-115-35-39-120-45-49-125-55-59-130-65-69-135-73-74-136-70-66-131-60-56-126-50-46-121-40-36-116-30-26-111-19-8-97/h11-13,91H,2-10,14-90,97H2,1H3,(H,98,105)(H,99,106)(H,100,107)(H,101,108). The Kier molecular flexibility index (Phi) is 122. The first-order valence-corrected chi connectivity index (χ1v) is 51.3. The highest BCUT2D eigenvalue weighted by Crippen LogP contribution is 2.11. The molecule has 0 aliphatic carbocycles. The van der Waals surface area contributed by atoms with E-state index in [4.69, 9.17) is 190 Å². The number of methoxy groups -OCH3 is 1. The molecule has 0 bridgehead atoms. The van der Waals surface area contributed by atoms with Gasteiger partial charge >= 0.3 is 0 Å². The third-order valence-electron chi connectivity index (χ3n) is 18.4. The molecule has 0 fully saturated rings. The van der Waals surface area contributed by atoms with Crippen molar-refractivity contribution in [1.82, 2.24) is 21.3 Å². The Morgan fingerprint density at radius 1 is 0.224 bits per heavy atom. The number of carbonyl (C=O) groups is 7. The van der Waals surface area contributed by atoms with Crippen LogP contribution >= 0.6 is 0 Å². The van der Waals surface area contributed by atoms with E-state index in [0.29, 0.717) is 429 Å². The summed E-state index contributed by atoms with van der Waals surface area (Å²) in [7, 11) is 1.63. The van der Waals surface area contributed by atoms with Crippen LogP contribution in [-0.2, 0) is 218 Å². The molecule has 0 saturated carbocycles. The van der Waals surface area contributed by atoms with Crippen LogP contribution < -0.4 is 27.0 Å². The van der Waals surface area contributed by atoms with Gasteiger partial charge in [0.1, 0.15) is 37.6 Å². The maximum Gasteiger partial charge on any atom is 0.246 e. The Morgan fingerprint density at radius 2 is 0.449 bits per heavy atom. The lowest BCUT2D eigenvalue weighted by Crippen LogP contribution is -2.59. The van der Waals surface area contributed by atoms with Crippen molar-refractivity contribution < 1.29 is 218 Å². The normalized spacial score (nSPS) is 12.2. The van der Waals surface area contributed by atoms with Crippen molar-refractivity contribution in [1.29, 1.82) is 0 Å². The van der Waals surface area contributed by atoms with Crippen LogP contribution in [-0.4, -0.2) is 590 Å². The van der Waals surface area contributed by atoms with E-state index in [0.717, 1.165) is 12.6 Å². The van der Waals surface area contributed by atoms with Gasteiger partial charge in [0.05, 0.1) is 495 Å². The second kappa shape index (κ2) is 126. The zero-order valence-corrected chi connectivity index (χ0v) is 88.0. The van der Waals surface area contributed by atoms with E-state index in [2.05, 4.69) is 21.3 Å². The van der Waals surface area contributed by atoms with E-state index in [9.17, 15) is 33.6 Å². The molecule has 0 spiro atoms. The zero-order chi connectivity index (χ0) is 106. The molecule has 0 aromatic rings. The lowest BCUT2D eigenvalue weighted by atomic mass is 10.0. The number of hydrogen-bond donors (Lipinski definition) is 5. The number of nitrogens with two attached hydrogens (primary N) is 1. The van der Waals surface area contributed by atoms with Crippen LogP contribution in [0.15, 0.2) is 0 Å². The number of carbonyl (C=O) groups excluding carboxylic acids is 7. The van der Waals surface area contributed by atoms with Crippen molar-refractivity contribution in [2.45, 2.75) is 50.1 Å². The zero-order valence-electron chi connectivity index (χ0n) is 88.0. The van der Waals surface area contributed by atoms with Crippen LogP contribution in [0, 0.1) is 0 Å². The first-order chi connectivity index (χ1) is 72.7. The highest BCUT2D eigenvalue weighted by atomic mass is 16.6. The van der Waals surface area contributed by atoms with Crippen LogP contribution in [0.25, 0.3) is 0 Å². The highest BCUT2D eigenvalue weighted by Gasteiger charge is 2.34. The van der Waals surface area contributed by atoms with Gasteiger partial charge in [-0.3, -0.25) is 19.2 Å². The highest BCUT2D eigenvalue weighted by molar-refractivity contribution is 5.78. The molecule has 0 saturated heterocycles. The topological polar surface area (TPSA) is 554 Å². The van der Waals surface area contributed by atoms with Crippen molar-refractivity contribution >= 4 is 42.5 Å². The molecule has 0 rings (SSSR count). The summed E-state index contributed by atoms with van der Waals surface area (Å²) in [5.41, 5.74) is 4.09. The summed E-state index contributed by atoms with van der Waals surface area (Å²) >= 11 is 0. The third kappa shape index (κ3) is 120. The summed E-state index contributed by atoms with van der Waals surface area (Å²) in [6.07, 6.45) is 3.26. The van der Waals surface area contributed by atoms with Gasteiger partial charge in [0.25, 0.3) is 0 Å². The van der Waals surface area contributed by atoms with Gasteiger partial charge in [-0.1, -0.05) is 0 Å². The number of unbranched alkanes of at least 4 members (excludes halogenated alkanes) is 1. The number of rotatable bonds is 133. The molecule has 51 nitrogen and oxygen atoms in total. The fourth-order valence-corrected chi connectivity index (χ4v) is 11.1. The summed E-state index contributed by atoms with van der Waals surface area (Å²) in [6.45, 7) is 28.3. The van der Waals surface area contributed by atoms with Crippen LogP contribution in [0.4, 0.5) is 0 Å². The lowest BCUT2D eigenvalue weighted by molar-refractivity contribution is -0.134. The number of ether oxygens (including phenoxy) is 39. The van der Waals surface area contributed by atoms with Crippen molar-refractivity contribution in [3.63, 3.8) is 0 Å². The second-order valence-electron chi connectivity index (χ2n) is 30.7. The van der Waals surface area contributed by atoms with Crippen molar-refractivity contribution in [2.75, 3.05) is 535 Å². The molecule has 0 aromatic heterocycles. The van der Waals surface area contributed by atoms with Gasteiger partial charge in [0.15, 0.2) is 0 Å². The van der Waals surface area contributed by atoms with Gasteiger partial charge in [-0.25, -0.2) is 0 Å². The van der Waals surface area contributed by atoms with E-state index >= 15 is 0 Å². The SMILES string of the molecule is COCCOCCOCCOCCOCCOCCOCCOCCOCCOCCOCCNC(=O)CCOCC(COCC=O)(COCCCC=O)NC(=O)COCCOCCOCCOCCOCCOCCOCCOCCOCCOCCOCCNC(=O)CCOCC(COCCC=O)NC(=O)CCOCCOCCOCCOCCOCCOCCOCCOCCOCCOCCOCCOCCN. The number of aldehydes is 3. The minimum absolute atomic E-state index is 0.00486. The first kappa shape index (κ1) is 142. The molecule has 0 aliphatic heterocycles. The maximum absolute atomic E-state index is 13.2. The van der Waals surface area contributed by atoms with E-state index in [1.165, 1.54) is 0 Å². The van der Waals surface area contributed by atoms with Gasteiger partial charge in [-0.2, -0.15) is 0 Å². The Bertz CT molecular complexity index is 2680. The first-order valence-electron chi connectivity index (χ1n) is 51.3. The van der Waals surface area contributed by atoms with Gasteiger partial charge in [-0.15, -0.1) is 0 Å². The molecule has 4 amide bonds. The Morgan fingerprint density at radius 3 is 0.721 bits per heavy atom. The molecule has 870 valence electrons. The van der Waals surface area contributed by atoms with Crippen LogP contribution in [0.2, 0.25) is 0 Å². The fourth-order valence-electron chi connectivity index (χ4n) is 11.1. The summed E-state index contributed by atoms with van der Waals surface area (Å²) in [4.78, 5) is 83.8. The van der Waals surface area contributed by atoms with Crippen LogP contribution in [0.1, 0.15) is 38.5 Å². The summed E-state index contributed by atoms with van der Waals surface area (Å²) in [5.74, 6) is -1.28. The molecule has 51 heteroatoms. The second-order valence-corrected chi connectivity index (χ2v) is 30.7. The van der Waals surface area contributed by atoms with Crippen LogP contribution in [0.3, 0.4) is 0 Å². The van der Waals surface area contributed by atoms with E-state index in [1.807, 2.05) is 0 Å². The molecule has 2 atom stereocenters. The van der Waals surface area contributed by atoms with E-state index < -0.39 is 17.5 Å². The Labute approximate surface area is 870 Å². The van der Waals surface area contributed by atoms with Gasteiger partial charge in [0, 0.05) is 65.5 Å². The predicted octanol–water partition coefficient (Wildman–Crippen LogP) is -2.27. The van der Waals surface area contributed by atoms with E-state index in [-0.39, 0.29) is 162 Å². The average Bonchev–Trinajstić information content (AvgIpc) is 0.853. The maximum atomic E-state index is 13.2.